The molecule has 2 nitrogen and oxygen atoms in total. The molecular formula is C7H10NOW. The molecule has 0 aromatic carbocycles. The summed E-state index contributed by atoms with van der Waals surface area (Å²) in [5.74, 6) is 0. The van der Waals surface area contributed by atoms with E-state index in [1.54, 1.807) is 0 Å². The van der Waals surface area contributed by atoms with Gasteiger partial charge in [0.1, 0.15) is 0 Å². The van der Waals surface area contributed by atoms with E-state index in [0.29, 0.717) is 0 Å². The Morgan fingerprint density at radius 1 is 1.80 bits per heavy atom. The first-order valence-electron chi connectivity index (χ1n) is 3.15. The number of nitroso groups, excluding NO2 is 1. The van der Waals surface area contributed by atoms with Gasteiger partial charge < -0.3 is 0 Å². The molecule has 0 bridgehead atoms. The second-order valence-corrected chi connectivity index (χ2v) is 2.38. The number of hydrogen-bond acceptors (Lipinski definition) is 2. The van der Waals surface area contributed by atoms with Crippen molar-refractivity contribution in [3.05, 3.63) is 28.7 Å². The second-order valence-electron chi connectivity index (χ2n) is 1.85. The first kappa shape index (κ1) is 9.77. The molecule has 0 aliphatic heterocycles. The Bertz CT molecular complexity index is 152. The average molecular weight is 308 g/mol. The van der Waals surface area contributed by atoms with E-state index in [9.17, 15) is 0 Å². The van der Waals surface area contributed by atoms with Crippen molar-refractivity contribution >= 4 is 0 Å². The van der Waals surface area contributed by atoms with Gasteiger partial charge in [-0.3, -0.25) is 0 Å². The van der Waals surface area contributed by atoms with Gasteiger partial charge in [0.15, 0.2) is 0 Å². The molecule has 0 N–H and O–H groups in total. The fraction of sp³-hybridized carbons (Fsp3) is 0.429. The number of hydrogen-bond donors (Lipinski definition) is 0. The van der Waals surface area contributed by atoms with Crippen molar-refractivity contribution in [2.75, 3.05) is 0 Å². The summed E-state index contributed by atoms with van der Waals surface area (Å²) in [6, 6.07) is 0. The molecular weight excluding hydrogens is 298 g/mol. The van der Waals surface area contributed by atoms with Crippen molar-refractivity contribution in [2.45, 2.75) is 19.8 Å². The Labute approximate surface area is 72.6 Å². The van der Waals surface area contributed by atoms with Crippen LogP contribution in [0.5, 0.6) is 0 Å². The van der Waals surface area contributed by atoms with Crippen molar-refractivity contribution in [1.82, 2.24) is 0 Å². The third kappa shape index (κ3) is 4.63. The van der Waals surface area contributed by atoms with Gasteiger partial charge in [-0.1, -0.05) is 30.7 Å². The van der Waals surface area contributed by atoms with Gasteiger partial charge in [0, 0.05) is 0 Å². The predicted molar refractivity (Wildman–Crippen MR) is 37.9 cm³/mol. The summed E-state index contributed by atoms with van der Waals surface area (Å²) in [5, 5.41) is 0. The SMILES string of the molecule is CCC1=CCC=C1.O=[N][W]. The third-order valence-electron chi connectivity index (χ3n) is 1.26. The van der Waals surface area contributed by atoms with Crippen LogP contribution in [0.2, 0.25) is 0 Å². The molecule has 0 amide bonds. The van der Waals surface area contributed by atoms with Crippen LogP contribution in [0.1, 0.15) is 19.8 Å². The number of nitrogens with zero attached hydrogens (tertiary/aromatic N) is 1. The quantitative estimate of drug-likeness (QED) is 0.684. The van der Waals surface area contributed by atoms with E-state index in [1.807, 2.05) is 0 Å². The van der Waals surface area contributed by atoms with Gasteiger partial charge in [0.25, 0.3) is 0 Å². The van der Waals surface area contributed by atoms with Crippen LogP contribution in [0, 0.1) is 4.91 Å². The Kier molecular flexibility index (Phi) is 6.72. The van der Waals surface area contributed by atoms with E-state index >= 15 is 0 Å². The topological polar surface area (TPSA) is 29.4 Å². The summed E-state index contributed by atoms with van der Waals surface area (Å²) < 4.78 is 2.33. The van der Waals surface area contributed by atoms with Crippen molar-refractivity contribution in [3.8, 4) is 0 Å². The molecule has 55 valence electrons. The standard InChI is InChI=1S/C7H10.NO.W/c1-2-7-5-3-4-6-7;1-2;/h3,5-6H,2,4H2,1H3;;/q;-1;+1. The fourth-order valence-electron chi connectivity index (χ4n) is 0.769. The van der Waals surface area contributed by atoms with Gasteiger partial charge in [-0.05, 0) is 12.8 Å². The zero-order valence-electron chi connectivity index (χ0n) is 5.91. The second kappa shape index (κ2) is 6.88. The van der Waals surface area contributed by atoms with Gasteiger partial charge in [-0.15, -0.1) is 0 Å². The van der Waals surface area contributed by atoms with Crippen LogP contribution in [-0.2, 0) is 20.1 Å². The molecule has 3 heteroatoms. The molecule has 0 aromatic rings. The van der Waals surface area contributed by atoms with E-state index in [-0.39, 0.29) is 0 Å². The van der Waals surface area contributed by atoms with Gasteiger partial charge >= 0.3 is 28.7 Å². The minimum absolute atomic E-state index is 0.741. The summed E-state index contributed by atoms with van der Waals surface area (Å²) in [7, 11) is 0. The van der Waals surface area contributed by atoms with E-state index in [2.05, 4.69) is 28.9 Å². The van der Waals surface area contributed by atoms with E-state index in [1.165, 1.54) is 12.0 Å². The fourth-order valence-corrected chi connectivity index (χ4v) is 0.769. The summed E-state index contributed by atoms with van der Waals surface area (Å²) in [5.41, 5.74) is 1.49. The molecule has 0 fully saturated rings. The van der Waals surface area contributed by atoms with Crippen LogP contribution < -0.4 is 0 Å². The molecule has 1 aliphatic rings. The third-order valence-corrected chi connectivity index (χ3v) is 1.26. The number of allylic oxidation sites excluding steroid dienone is 4. The van der Waals surface area contributed by atoms with Crippen LogP contribution in [0.15, 0.2) is 27.5 Å². The first-order chi connectivity index (χ1) is 4.85. The normalized spacial score (nSPS) is 13.5. The minimum atomic E-state index is 0.741. The predicted octanol–water partition coefficient (Wildman–Crippen LogP) is 2.50. The average Bonchev–Trinajstić information content (AvgIpc) is 2.39. The van der Waals surface area contributed by atoms with Gasteiger partial charge in [-0.25, -0.2) is 0 Å². The molecule has 0 saturated carbocycles. The van der Waals surface area contributed by atoms with E-state index in [4.69, 9.17) is 4.91 Å². The van der Waals surface area contributed by atoms with E-state index in [0.717, 1.165) is 26.5 Å². The van der Waals surface area contributed by atoms with Gasteiger partial charge in [0.05, 0.1) is 0 Å². The maximum absolute atomic E-state index is 8.59. The molecule has 0 atom stereocenters. The molecule has 1 aliphatic carbocycles. The molecule has 0 radical (unpaired) electrons. The summed E-state index contributed by atoms with van der Waals surface area (Å²) in [6.07, 6.45) is 9.00. The van der Waals surface area contributed by atoms with Gasteiger partial charge in [-0.2, -0.15) is 0 Å². The van der Waals surface area contributed by atoms with Crippen LogP contribution in [0.4, 0.5) is 0 Å². The van der Waals surface area contributed by atoms with Crippen molar-refractivity contribution in [2.24, 2.45) is 3.74 Å². The Balaban J connectivity index is 0.000000236. The van der Waals surface area contributed by atoms with Crippen molar-refractivity contribution in [1.29, 1.82) is 0 Å². The Hall–Kier alpha value is -0.232. The van der Waals surface area contributed by atoms with Gasteiger partial charge in [0.2, 0.25) is 0 Å². The first-order valence-corrected chi connectivity index (χ1v) is 4.46. The van der Waals surface area contributed by atoms with Crippen LogP contribution in [-0.4, -0.2) is 0 Å². The summed E-state index contributed by atoms with van der Waals surface area (Å²) in [6.45, 7) is 2.18. The van der Waals surface area contributed by atoms with Crippen molar-refractivity contribution in [3.63, 3.8) is 0 Å². The Morgan fingerprint density at radius 3 is 2.60 bits per heavy atom. The van der Waals surface area contributed by atoms with E-state index < -0.39 is 0 Å². The number of rotatable bonds is 1. The summed E-state index contributed by atoms with van der Waals surface area (Å²) in [4.78, 5) is 8.59. The zero-order chi connectivity index (χ0) is 7.82. The maximum atomic E-state index is 8.59. The zero-order valence-corrected chi connectivity index (χ0v) is 8.84. The molecule has 10 heavy (non-hydrogen) atoms. The molecule has 1 rings (SSSR count). The summed E-state index contributed by atoms with van der Waals surface area (Å²) >= 11 is 0.741. The molecule has 0 aromatic heterocycles. The van der Waals surface area contributed by atoms with Crippen molar-refractivity contribution < 1.29 is 20.1 Å². The van der Waals surface area contributed by atoms with Crippen LogP contribution in [0.3, 0.4) is 0 Å². The van der Waals surface area contributed by atoms with Crippen LogP contribution in [0.25, 0.3) is 0 Å². The Morgan fingerprint density at radius 2 is 2.40 bits per heavy atom. The molecule has 0 heterocycles. The van der Waals surface area contributed by atoms with Crippen LogP contribution >= 0.6 is 0 Å². The monoisotopic (exact) mass is 308 g/mol. The molecule has 0 saturated heterocycles. The molecule has 0 unspecified atom stereocenters. The molecule has 0 spiro atoms.